The summed E-state index contributed by atoms with van der Waals surface area (Å²) < 4.78 is 30.6. The van der Waals surface area contributed by atoms with E-state index in [-0.39, 0.29) is 11.6 Å². The molecule has 0 saturated carbocycles. The van der Waals surface area contributed by atoms with Crippen molar-refractivity contribution in [3.63, 3.8) is 0 Å². The number of nitrogens with one attached hydrogen (secondary N) is 1. The van der Waals surface area contributed by atoms with E-state index in [1.807, 2.05) is 35.0 Å². The Morgan fingerprint density at radius 3 is 2.53 bits per heavy atom. The van der Waals surface area contributed by atoms with Gasteiger partial charge in [0.05, 0.1) is 23.3 Å². The van der Waals surface area contributed by atoms with Crippen molar-refractivity contribution in [2.24, 2.45) is 0 Å². The summed E-state index contributed by atoms with van der Waals surface area (Å²) in [6.45, 7) is 4.03. The van der Waals surface area contributed by atoms with E-state index in [2.05, 4.69) is 15.4 Å². The molecule has 0 bridgehead atoms. The van der Waals surface area contributed by atoms with E-state index in [1.54, 1.807) is 26.4 Å². The normalized spacial score (nSPS) is 10.9. The molecule has 4 aromatic rings. The SMILES string of the molecule is Cc1nn(-c2ccc(F)cc2F)c(C)c1C(=O)Nc1ccc(Cn2ccnc2)cc1. The van der Waals surface area contributed by atoms with Crippen molar-refractivity contribution in [3.05, 3.63) is 95.3 Å². The lowest BCUT2D eigenvalue weighted by atomic mass is 10.1. The maximum atomic E-state index is 14.2. The molecule has 0 aliphatic heterocycles. The summed E-state index contributed by atoms with van der Waals surface area (Å²) in [5, 5.41) is 7.12. The Balaban J connectivity index is 1.54. The van der Waals surface area contributed by atoms with E-state index >= 15 is 0 Å². The van der Waals surface area contributed by atoms with Gasteiger partial charge in [-0.3, -0.25) is 4.79 Å². The number of carbonyl (C=O) groups is 1. The Bertz CT molecular complexity index is 1200. The molecule has 8 heteroatoms. The Kier molecular flexibility index (Phi) is 5.14. The van der Waals surface area contributed by atoms with Crippen molar-refractivity contribution in [3.8, 4) is 5.69 Å². The number of nitrogens with zero attached hydrogens (tertiary/aromatic N) is 4. The molecule has 152 valence electrons. The molecule has 0 radical (unpaired) electrons. The van der Waals surface area contributed by atoms with Gasteiger partial charge in [-0.2, -0.15) is 5.10 Å². The van der Waals surface area contributed by atoms with Crippen molar-refractivity contribution in [1.82, 2.24) is 19.3 Å². The molecule has 0 spiro atoms. The van der Waals surface area contributed by atoms with Crippen LogP contribution in [0.3, 0.4) is 0 Å². The van der Waals surface area contributed by atoms with E-state index in [1.165, 1.54) is 10.7 Å². The molecule has 6 nitrogen and oxygen atoms in total. The van der Waals surface area contributed by atoms with Gasteiger partial charge in [-0.05, 0) is 43.7 Å². The number of carbonyl (C=O) groups excluding carboxylic acids is 1. The van der Waals surface area contributed by atoms with Crippen molar-refractivity contribution >= 4 is 11.6 Å². The minimum absolute atomic E-state index is 0.0832. The molecular formula is C22H19F2N5O. The monoisotopic (exact) mass is 407 g/mol. The first-order valence-corrected chi connectivity index (χ1v) is 9.30. The van der Waals surface area contributed by atoms with Gasteiger partial charge in [0.15, 0.2) is 5.82 Å². The van der Waals surface area contributed by atoms with Crippen molar-refractivity contribution < 1.29 is 13.6 Å². The summed E-state index contributed by atoms with van der Waals surface area (Å²) in [4.78, 5) is 16.9. The van der Waals surface area contributed by atoms with Crippen LogP contribution >= 0.6 is 0 Å². The molecule has 0 saturated heterocycles. The van der Waals surface area contributed by atoms with Crippen LogP contribution in [0.2, 0.25) is 0 Å². The summed E-state index contributed by atoms with van der Waals surface area (Å²) in [7, 11) is 0. The van der Waals surface area contributed by atoms with Gasteiger partial charge in [0.1, 0.15) is 11.5 Å². The highest BCUT2D eigenvalue weighted by Gasteiger charge is 2.21. The Labute approximate surface area is 171 Å². The lowest BCUT2D eigenvalue weighted by Gasteiger charge is -2.09. The molecular weight excluding hydrogens is 388 g/mol. The molecule has 4 rings (SSSR count). The second-order valence-electron chi connectivity index (χ2n) is 6.94. The summed E-state index contributed by atoms with van der Waals surface area (Å²) in [6, 6.07) is 10.7. The van der Waals surface area contributed by atoms with Crippen LogP contribution in [0.4, 0.5) is 14.5 Å². The van der Waals surface area contributed by atoms with Crippen LogP contribution in [0.5, 0.6) is 0 Å². The van der Waals surface area contributed by atoms with Crippen LogP contribution in [0, 0.1) is 25.5 Å². The highest BCUT2D eigenvalue weighted by atomic mass is 19.1. The lowest BCUT2D eigenvalue weighted by Crippen LogP contribution is -2.14. The van der Waals surface area contributed by atoms with Crippen molar-refractivity contribution in [2.45, 2.75) is 20.4 Å². The summed E-state index contributed by atoms with van der Waals surface area (Å²) in [5.41, 5.74) is 3.05. The predicted molar refractivity (Wildman–Crippen MR) is 109 cm³/mol. The summed E-state index contributed by atoms with van der Waals surface area (Å²) in [5.74, 6) is -1.77. The van der Waals surface area contributed by atoms with Gasteiger partial charge >= 0.3 is 0 Å². The average molecular weight is 407 g/mol. The number of amides is 1. The van der Waals surface area contributed by atoms with Crippen LogP contribution in [-0.2, 0) is 6.54 Å². The van der Waals surface area contributed by atoms with E-state index in [0.717, 1.165) is 17.7 Å². The first-order valence-electron chi connectivity index (χ1n) is 9.30. The third kappa shape index (κ3) is 3.84. The number of benzene rings is 2. The largest absolute Gasteiger partial charge is 0.333 e. The van der Waals surface area contributed by atoms with Gasteiger partial charge in [-0.15, -0.1) is 0 Å². The molecule has 1 amide bonds. The van der Waals surface area contributed by atoms with Crippen LogP contribution in [0.15, 0.2) is 61.2 Å². The molecule has 30 heavy (non-hydrogen) atoms. The minimum atomic E-state index is -0.749. The van der Waals surface area contributed by atoms with Crippen LogP contribution in [-0.4, -0.2) is 25.2 Å². The summed E-state index contributed by atoms with van der Waals surface area (Å²) in [6.07, 6.45) is 5.34. The highest BCUT2D eigenvalue weighted by molar-refractivity contribution is 6.05. The lowest BCUT2D eigenvalue weighted by molar-refractivity contribution is 0.102. The number of hydrogen-bond donors (Lipinski definition) is 1. The van der Waals surface area contributed by atoms with Crippen LogP contribution in [0.1, 0.15) is 27.3 Å². The molecule has 0 atom stereocenters. The molecule has 2 aromatic heterocycles. The topological polar surface area (TPSA) is 64.7 Å². The Morgan fingerprint density at radius 1 is 1.10 bits per heavy atom. The molecule has 0 unspecified atom stereocenters. The molecule has 2 heterocycles. The fourth-order valence-corrected chi connectivity index (χ4v) is 3.34. The number of rotatable bonds is 5. The second kappa shape index (κ2) is 7.90. The standard InChI is InChI=1S/C22H19F2N5O/c1-14-21(15(2)29(27-14)20-8-5-17(23)11-19(20)24)22(30)26-18-6-3-16(4-7-18)12-28-10-9-25-13-28/h3-11,13H,12H2,1-2H3,(H,26,30). The number of aromatic nitrogens is 4. The van der Waals surface area contributed by atoms with Crippen molar-refractivity contribution in [2.75, 3.05) is 5.32 Å². The van der Waals surface area contributed by atoms with Crippen molar-refractivity contribution in [1.29, 1.82) is 0 Å². The van der Waals surface area contributed by atoms with Gasteiger partial charge in [0.2, 0.25) is 0 Å². The quantitative estimate of drug-likeness (QED) is 0.538. The molecule has 0 aliphatic carbocycles. The van der Waals surface area contributed by atoms with Crippen LogP contribution < -0.4 is 5.32 Å². The third-order valence-electron chi connectivity index (χ3n) is 4.79. The minimum Gasteiger partial charge on any atom is -0.333 e. The fourth-order valence-electron chi connectivity index (χ4n) is 3.34. The average Bonchev–Trinajstić information content (AvgIpc) is 3.31. The first kappa shape index (κ1) is 19.5. The fraction of sp³-hybridized carbons (Fsp3) is 0.136. The smallest absolute Gasteiger partial charge is 0.259 e. The van der Waals surface area contributed by atoms with E-state index in [0.29, 0.717) is 29.2 Å². The zero-order valence-electron chi connectivity index (χ0n) is 16.4. The molecule has 2 aromatic carbocycles. The van der Waals surface area contributed by atoms with Crippen LogP contribution in [0.25, 0.3) is 5.69 Å². The zero-order valence-corrected chi connectivity index (χ0v) is 16.4. The second-order valence-corrected chi connectivity index (χ2v) is 6.94. The first-order chi connectivity index (χ1) is 14.4. The maximum Gasteiger partial charge on any atom is 0.259 e. The molecule has 1 N–H and O–H groups in total. The molecule has 0 fully saturated rings. The van der Waals surface area contributed by atoms with E-state index in [9.17, 15) is 13.6 Å². The highest BCUT2D eigenvalue weighted by Crippen LogP contribution is 2.22. The van der Waals surface area contributed by atoms with Gasteiger partial charge < -0.3 is 9.88 Å². The van der Waals surface area contributed by atoms with Gasteiger partial charge in [0.25, 0.3) is 5.91 Å². The molecule has 0 aliphatic rings. The number of imidazole rings is 1. The van der Waals surface area contributed by atoms with Gasteiger partial charge in [-0.1, -0.05) is 12.1 Å². The Hall–Kier alpha value is -3.81. The number of aryl methyl sites for hydroxylation is 1. The third-order valence-corrected chi connectivity index (χ3v) is 4.79. The van der Waals surface area contributed by atoms with Gasteiger partial charge in [-0.25, -0.2) is 18.4 Å². The Morgan fingerprint density at radius 2 is 1.87 bits per heavy atom. The zero-order chi connectivity index (χ0) is 21.3. The number of halogens is 2. The van der Waals surface area contributed by atoms with E-state index < -0.39 is 11.6 Å². The van der Waals surface area contributed by atoms with E-state index in [4.69, 9.17) is 0 Å². The number of anilines is 1. The summed E-state index contributed by atoms with van der Waals surface area (Å²) >= 11 is 0. The predicted octanol–water partition coefficient (Wildman–Crippen LogP) is 4.26. The van der Waals surface area contributed by atoms with Gasteiger partial charge in [0, 0.05) is 30.7 Å². The number of hydrogen-bond acceptors (Lipinski definition) is 3. The maximum absolute atomic E-state index is 14.2.